The molecule has 0 saturated heterocycles. The maximum absolute atomic E-state index is 12.8. The highest BCUT2D eigenvalue weighted by Crippen LogP contribution is 2.29. The van der Waals surface area contributed by atoms with Gasteiger partial charge in [0, 0.05) is 10.0 Å². The Balaban J connectivity index is 2.03. The molecule has 0 aromatic heterocycles. The lowest BCUT2D eigenvalue weighted by Crippen LogP contribution is -2.18. The van der Waals surface area contributed by atoms with Crippen LogP contribution in [0.4, 0.5) is 11.4 Å². The van der Waals surface area contributed by atoms with Gasteiger partial charge < -0.3 is 4.74 Å². The zero-order valence-electron chi connectivity index (χ0n) is 16.4. The number of methoxy groups -OCH3 is 1. The molecule has 2 N–H and O–H groups in total. The van der Waals surface area contributed by atoms with Gasteiger partial charge in [-0.15, -0.1) is 0 Å². The fraction of sp³-hybridized carbons (Fsp3) is 0.0500. The van der Waals surface area contributed by atoms with Crippen LogP contribution in [-0.4, -0.2) is 29.9 Å². The molecule has 0 atom stereocenters. The summed E-state index contributed by atoms with van der Waals surface area (Å²) in [6.45, 7) is 0. The fourth-order valence-corrected chi connectivity index (χ4v) is 5.00. The van der Waals surface area contributed by atoms with E-state index in [0.717, 1.165) is 7.11 Å². The van der Waals surface area contributed by atoms with Gasteiger partial charge >= 0.3 is 5.97 Å². The Morgan fingerprint density at radius 1 is 0.719 bits per heavy atom. The summed E-state index contributed by atoms with van der Waals surface area (Å²) in [4.78, 5) is 11.7. The Bertz CT molecular complexity index is 1360. The summed E-state index contributed by atoms with van der Waals surface area (Å²) >= 11 is 11.6. The van der Waals surface area contributed by atoms with Gasteiger partial charge in [-0.2, -0.15) is 0 Å². The van der Waals surface area contributed by atoms with Gasteiger partial charge in [0.2, 0.25) is 0 Å². The summed E-state index contributed by atoms with van der Waals surface area (Å²) in [5, 5.41) is 0.691. The van der Waals surface area contributed by atoms with E-state index in [0.29, 0.717) is 10.0 Å². The maximum Gasteiger partial charge on any atom is 0.337 e. The van der Waals surface area contributed by atoms with E-state index < -0.39 is 26.0 Å². The molecular weight excluding hydrogens is 499 g/mol. The van der Waals surface area contributed by atoms with Crippen LogP contribution >= 0.6 is 23.2 Å². The maximum atomic E-state index is 12.8. The molecule has 0 aliphatic carbocycles. The molecule has 0 saturated carbocycles. The topological polar surface area (TPSA) is 119 Å². The second-order valence-corrected chi connectivity index (χ2v) is 10.6. The zero-order chi connectivity index (χ0) is 23.5. The molecule has 0 bridgehead atoms. The number of nitrogens with one attached hydrogen (secondary N) is 2. The lowest BCUT2D eigenvalue weighted by Gasteiger charge is -2.16. The number of carbonyl (C=O) groups excluding carboxylic acids is 1. The van der Waals surface area contributed by atoms with Crippen LogP contribution in [0.1, 0.15) is 10.4 Å². The van der Waals surface area contributed by atoms with Gasteiger partial charge in [0.25, 0.3) is 20.0 Å². The molecule has 0 radical (unpaired) electrons. The first-order valence-corrected chi connectivity index (χ1v) is 12.5. The molecule has 0 spiro atoms. The number of sulfonamides is 2. The quantitative estimate of drug-likeness (QED) is 0.451. The summed E-state index contributed by atoms with van der Waals surface area (Å²) in [7, 11) is -7.07. The first kappa shape index (κ1) is 23.9. The first-order chi connectivity index (χ1) is 15.0. The molecule has 12 heteroatoms. The molecule has 0 fully saturated rings. The highest BCUT2D eigenvalue weighted by atomic mass is 35.5. The van der Waals surface area contributed by atoms with Crippen LogP contribution in [0.2, 0.25) is 10.0 Å². The second-order valence-electron chi connectivity index (χ2n) is 6.37. The summed E-state index contributed by atoms with van der Waals surface area (Å²) < 4.78 is 60.5. The van der Waals surface area contributed by atoms with Crippen LogP contribution in [0.25, 0.3) is 0 Å². The van der Waals surface area contributed by atoms with Gasteiger partial charge in [-0.25, -0.2) is 21.6 Å². The van der Waals surface area contributed by atoms with Crippen LogP contribution in [0, 0.1) is 0 Å². The van der Waals surface area contributed by atoms with Gasteiger partial charge in [-0.3, -0.25) is 9.44 Å². The number of halogens is 2. The minimum Gasteiger partial charge on any atom is -0.465 e. The highest BCUT2D eigenvalue weighted by Gasteiger charge is 2.21. The van der Waals surface area contributed by atoms with Gasteiger partial charge in [-0.05, 0) is 66.7 Å². The van der Waals surface area contributed by atoms with Crippen molar-refractivity contribution in [1.29, 1.82) is 0 Å². The zero-order valence-corrected chi connectivity index (χ0v) is 19.5. The fourth-order valence-electron chi connectivity index (χ4n) is 2.60. The monoisotopic (exact) mass is 514 g/mol. The number of carbonyl (C=O) groups is 1. The standard InChI is InChI=1S/C20H16Cl2N2O6S2/c1-30-20(25)13-2-11-18(23-31(26,27)16-7-3-14(21)4-8-16)19(12-13)24-32(28,29)17-9-5-15(22)6-10-17/h2-12,23-24H,1H3. The van der Waals surface area contributed by atoms with Gasteiger partial charge in [-0.1, -0.05) is 23.2 Å². The molecule has 3 aromatic rings. The number of benzene rings is 3. The number of anilines is 2. The van der Waals surface area contributed by atoms with Gasteiger partial charge in [0.05, 0.1) is 33.8 Å². The van der Waals surface area contributed by atoms with Gasteiger partial charge in [0.15, 0.2) is 0 Å². The van der Waals surface area contributed by atoms with Crippen LogP contribution in [-0.2, 0) is 24.8 Å². The smallest absolute Gasteiger partial charge is 0.337 e. The highest BCUT2D eigenvalue weighted by molar-refractivity contribution is 7.93. The molecule has 0 aliphatic heterocycles. The van der Waals surface area contributed by atoms with Crippen molar-refractivity contribution in [2.24, 2.45) is 0 Å². The summed E-state index contributed by atoms with van der Waals surface area (Å²) in [5.74, 6) is -0.732. The first-order valence-electron chi connectivity index (χ1n) is 8.81. The van der Waals surface area contributed by atoms with E-state index in [9.17, 15) is 21.6 Å². The summed E-state index contributed by atoms with van der Waals surface area (Å²) in [6.07, 6.45) is 0. The number of rotatable bonds is 7. The van der Waals surface area contributed by atoms with Crippen LogP contribution < -0.4 is 9.44 Å². The van der Waals surface area contributed by atoms with Crippen molar-refractivity contribution >= 4 is 60.6 Å². The third-order valence-electron chi connectivity index (χ3n) is 4.18. The average Bonchev–Trinajstić information content (AvgIpc) is 2.74. The SMILES string of the molecule is COC(=O)c1ccc(NS(=O)(=O)c2ccc(Cl)cc2)c(NS(=O)(=O)c2ccc(Cl)cc2)c1. The van der Waals surface area contributed by atoms with Crippen LogP contribution in [0.15, 0.2) is 76.5 Å². The third-order valence-corrected chi connectivity index (χ3v) is 7.44. The molecule has 32 heavy (non-hydrogen) atoms. The van der Waals surface area contributed by atoms with E-state index in [4.69, 9.17) is 23.2 Å². The van der Waals surface area contributed by atoms with Crippen molar-refractivity contribution in [2.45, 2.75) is 9.79 Å². The molecule has 3 rings (SSSR count). The van der Waals surface area contributed by atoms with Crippen molar-refractivity contribution < 1.29 is 26.4 Å². The van der Waals surface area contributed by atoms with Crippen LogP contribution in [0.3, 0.4) is 0 Å². The largest absolute Gasteiger partial charge is 0.465 e. The van der Waals surface area contributed by atoms with Crippen molar-refractivity contribution in [2.75, 3.05) is 16.6 Å². The predicted molar refractivity (Wildman–Crippen MR) is 122 cm³/mol. The minimum absolute atomic E-state index is 0.00995. The van der Waals surface area contributed by atoms with E-state index in [1.807, 2.05) is 0 Å². The average molecular weight is 515 g/mol. The molecule has 0 amide bonds. The Labute approximate surface area is 195 Å². The molecule has 0 heterocycles. The van der Waals surface area contributed by atoms with Gasteiger partial charge in [0.1, 0.15) is 0 Å². The van der Waals surface area contributed by atoms with E-state index in [1.165, 1.54) is 66.7 Å². The van der Waals surface area contributed by atoms with E-state index >= 15 is 0 Å². The van der Waals surface area contributed by atoms with Crippen molar-refractivity contribution in [3.8, 4) is 0 Å². The number of ether oxygens (including phenoxy) is 1. The summed E-state index contributed by atoms with van der Waals surface area (Å²) in [6, 6.07) is 14.5. The second kappa shape index (κ2) is 9.37. The molecule has 168 valence electrons. The van der Waals surface area contributed by atoms with Crippen molar-refractivity contribution in [3.05, 3.63) is 82.3 Å². The molecular formula is C20H16Cl2N2O6S2. The Morgan fingerprint density at radius 2 is 1.16 bits per heavy atom. The third kappa shape index (κ3) is 5.52. The lowest BCUT2D eigenvalue weighted by atomic mass is 10.2. The number of hydrogen-bond acceptors (Lipinski definition) is 6. The Hall–Kier alpha value is -2.79. The predicted octanol–water partition coefficient (Wildman–Crippen LogP) is 4.38. The lowest BCUT2D eigenvalue weighted by molar-refractivity contribution is 0.0601. The number of esters is 1. The molecule has 8 nitrogen and oxygen atoms in total. The molecule has 0 unspecified atom stereocenters. The van der Waals surface area contributed by atoms with Crippen LogP contribution in [0.5, 0.6) is 0 Å². The Kier molecular flexibility index (Phi) is 6.99. The molecule has 0 aliphatic rings. The van der Waals surface area contributed by atoms with E-state index in [-0.39, 0.29) is 26.7 Å². The minimum atomic E-state index is -4.14. The van der Waals surface area contributed by atoms with Crippen molar-refractivity contribution in [3.63, 3.8) is 0 Å². The Morgan fingerprint density at radius 3 is 1.59 bits per heavy atom. The summed E-state index contributed by atoms with van der Waals surface area (Å²) in [5.41, 5.74) is -0.277. The van der Waals surface area contributed by atoms with Crippen molar-refractivity contribution in [1.82, 2.24) is 0 Å². The van der Waals surface area contributed by atoms with E-state index in [2.05, 4.69) is 14.2 Å². The normalized spacial score (nSPS) is 11.6. The molecule has 3 aromatic carbocycles. The van der Waals surface area contributed by atoms with E-state index in [1.54, 1.807) is 0 Å². The number of hydrogen-bond donors (Lipinski definition) is 2.